The highest BCUT2D eigenvalue weighted by molar-refractivity contribution is 6.30. The van der Waals surface area contributed by atoms with E-state index in [0.717, 1.165) is 16.8 Å². The highest BCUT2D eigenvalue weighted by Crippen LogP contribution is 2.29. The number of pyridine rings is 1. The lowest BCUT2D eigenvalue weighted by Crippen LogP contribution is -2.14. The molecule has 0 atom stereocenters. The lowest BCUT2D eigenvalue weighted by atomic mass is 10.00. The Hall–Kier alpha value is -3.38. The average Bonchev–Trinajstić information content (AvgIpc) is 3.04. The molecule has 0 amide bonds. The predicted molar refractivity (Wildman–Crippen MR) is 108 cm³/mol. The summed E-state index contributed by atoms with van der Waals surface area (Å²) in [4.78, 5) is 29.2. The second-order valence-electron chi connectivity index (χ2n) is 6.31. The molecule has 0 saturated heterocycles. The molecule has 0 radical (unpaired) electrons. The monoisotopic (exact) mass is 393 g/mol. The van der Waals surface area contributed by atoms with Gasteiger partial charge in [-0.05, 0) is 48.9 Å². The smallest absolute Gasteiger partial charge is 0.337 e. The van der Waals surface area contributed by atoms with Gasteiger partial charge in [-0.15, -0.1) is 0 Å². The lowest BCUT2D eigenvalue weighted by Gasteiger charge is -2.08. The van der Waals surface area contributed by atoms with Crippen LogP contribution in [0.3, 0.4) is 0 Å². The number of esters is 1. The third-order valence-electron chi connectivity index (χ3n) is 4.58. The number of ether oxygens (including phenoxy) is 1. The van der Waals surface area contributed by atoms with Crippen molar-refractivity contribution in [1.29, 1.82) is 0 Å². The topological polar surface area (TPSA) is 77.0 Å². The highest BCUT2D eigenvalue weighted by atomic mass is 35.5. The number of H-pyrrole nitrogens is 1. The first-order chi connectivity index (χ1) is 13.5. The molecule has 28 heavy (non-hydrogen) atoms. The fourth-order valence-electron chi connectivity index (χ4n) is 3.21. The molecule has 0 aliphatic heterocycles. The van der Waals surface area contributed by atoms with E-state index in [-0.39, 0.29) is 5.56 Å². The molecule has 0 aliphatic carbocycles. The number of methoxy groups -OCH3 is 1. The van der Waals surface area contributed by atoms with Gasteiger partial charge in [0.2, 0.25) is 0 Å². The Morgan fingerprint density at radius 2 is 1.93 bits per heavy atom. The van der Waals surface area contributed by atoms with Crippen molar-refractivity contribution in [3.8, 4) is 16.8 Å². The zero-order valence-corrected chi connectivity index (χ0v) is 15.9. The van der Waals surface area contributed by atoms with Crippen LogP contribution in [0.25, 0.3) is 27.7 Å². The Balaban J connectivity index is 1.96. The Morgan fingerprint density at radius 3 is 2.64 bits per heavy atom. The van der Waals surface area contributed by atoms with Gasteiger partial charge < -0.3 is 4.74 Å². The van der Waals surface area contributed by atoms with Gasteiger partial charge in [-0.1, -0.05) is 23.7 Å². The summed E-state index contributed by atoms with van der Waals surface area (Å²) < 4.78 is 6.26. The quantitative estimate of drug-likeness (QED) is 0.531. The van der Waals surface area contributed by atoms with Crippen molar-refractivity contribution >= 4 is 28.5 Å². The number of rotatable bonds is 3. The van der Waals surface area contributed by atoms with Gasteiger partial charge in [0.05, 0.1) is 29.3 Å². The van der Waals surface area contributed by atoms with Crippen LogP contribution in [0.5, 0.6) is 0 Å². The molecule has 2 aromatic carbocycles. The number of nitrogens with one attached hydrogen (secondary N) is 1. The van der Waals surface area contributed by atoms with Gasteiger partial charge in [-0.25, -0.2) is 9.48 Å². The summed E-state index contributed by atoms with van der Waals surface area (Å²) in [6.45, 7) is 1.86. The van der Waals surface area contributed by atoms with Crippen LogP contribution in [0, 0.1) is 6.92 Å². The van der Waals surface area contributed by atoms with Crippen LogP contribution in [0.15, 0.2) is 59.5 Å². The van der Waals surface area contributed by atoms with Crippen molar-refractivity contribution in [2.24, 2.45) is 0 Å². The number of carbonyl (C=O) groups is 1. The van der Waals surface area contributed by atoms with Crippen molar-refractivity contribution < 1.29 is 9.53 Å². The number of hydrogen-bond acceptors (Lipinski definition) is 4. The maximum absolute atomic E-state index is 12.9. The summed E-state index contributed by atoms with van der Waals surface area (Å²) in [6.07, 6.45) is 1.56. The second kappa shape index (κ2) is 6.98. The van der Waals surface area contributed by atoms with Crippen molar-refractivity contribution in [2.75, 3.05) is 7.11 Å². The van der Waals surface area contributed by atoms with E-state index in [4.69, 9.17) is 16.3 Å². The largest absolute Gasteiger partial charge is 0.465 e. The minimum Gasteiger partial charge on any atom is -0.465 e. The molecule has 0 aliphatic rings. The summed E-state index contributed by atoms with van der Waals surface area (Å²) in [6, 6.07) is 14.0. The molecule has 4 rings (SSSR count). The Labute approximate surface area is 165 Å². The number of fused-ring (bicyclic) bond motifs is 1. The van der Waals surface area contributed by atoms with Crippen molar-refractivity contribution in [2.45, 2.75) is 6.92 Å². The number of nitrogens with zero attached hydrogens (tertiary/aromatic N) is 2. The molecule has 1 N–H and O–H groups in total. The molecule has 2 heterocycles. The third-order valence-corrected chi connectivity index (χ3v) is 4.83. The molecule has 4 aromatic rings. The van der Waals surface area contributed by atoms with Gasteiger partial charge in [0.15, 0.2) is 0 Å². The van der Waals surface area contributed by atoms with Crippen LogP contribution < -0.4 is 5.56 Å². The van der Waals surface area contributed by atoms with Gasteiger partial charge >= 0.3 is 5.97 Å². The number of aromatic amines is 1. The summed E-state index contributed by atoms with van der Waals surface area (Å²) in [5.74, 6) is -0.424. The van der Waals surface area contributed by atoms with Gasteiger partial charge in [0, 0.05) is 22.5 Å². The normalized spacial score (nSPS) is 11.0. The maximum Gasteiger partial charge on any atom is 0.337 e. The summed E-state index contributed by atoms with van der Waals surface area (Å²) >= 11 is 5.95. The number of hydrogen-bond donors (Lipinski definition) is 1. The van der Waals surface area contributed by atoms with Crippen LogP contribution >= 0.6 is 11.6 Å². The molecule has 0 unspecified atom stereocenters. The van der Waals surface area contributed by atoms with Crippen LogP contribution in [0.4, 0.5) is 0 Å². The van der Waals surface area contributed by atoms with Crippen LogP contribution in [-0.4, -0.2) is 27.8 Å². The molecule has 140 valence electrons. The van der Waals surface area contributed by atoms with Gasteiger partial charge in [0.25, 0.3) is 5.56 Å². The highest BCUT2D eigenvalue weighted by Gasteiger charge is 2.17. The first kappa shape index (κ1) is 18.0. The van der Waals surface area contributed by atoms with Crippen LogP contribution in [-0.2, 0) is 4.74 Å². The van der Waals surface area contributed by atoms with E-state index in [2.05, 4.69) is 10.1 Å². The zero-order chi connectivity index (χ0) is 19.8. The molecule has 0 spiro atoms. The third kappa shape index (κ3) is 2.97. The SMILES string of the molecule is COC(=O)c1cccc(-c2c(C)ncc3c(=O)n(-c4ccc(Cl)cc4)[nH]c23)c1. The van der Waals surface area contributed by atoms with Crippen molar-refractivity contribution in [1.82, 2.24) is 14.8 Å². The number of aryl methyl sites for hydroxylation is 1. The fourth-order valence-corrected chi connectivity index (χ4v) is 3.34. The number of benzene rings is 2. The molecule has 0 fully saturated rings. The Morgan fingerprint density at radius 1 is 1.18 bits per heavy atom. The number of carbonyl (C=O) groups excluding carboxylic acids is 1. The van der Waals surface area contributed by atoms with Crippen LogP contribution in [0.2, 0.25) is 5.02 Å². The Kier molecular flexibility index (Phi) is 4.49. The second-order valence-corrected chi connectivity index (χ2v) is 6.74. The molecule has 2 aromatic heterocycles. The average molecular weight is 394 g/mol. The molecular weight excluding hydrogens is 378 g/mol. The molecule has 0 bridgehead atoms. The van der Waals surface area contributed by atoms with E-state index in [9.17, 15) is 9.59 Å². The fraction of sp³-hybridized carbons (Fsp3) is 0.0952. The summed E-state index contributed by atoms with van der Waals surface area (Å²) in [7, 11) is 1.34. The minimum atomic E-state index is -0.424. The Bertz CT molecular complexity index is 1260. The lowest BCUT2D eigenvalue weighted by molar-refractivity contribution is 0.0601. The standard InChI is InChI=1S/C21H16ClN3O3/c1-12-18(13-4-3-5-14(10-13)21(27)28-2)19-17(11-23-12)20(26)25(24-19)16-8-6-15(22)7-9-16/h3-11,24H,1-2H3. The van der Waals surface area contributed by atoms with E-state index in [1.807, 2.05) is 13.0 Å². The number of aromatic nitrogens is 3. The number of halogens is 1. The van der Waals surface area contributed by atoms with E-state index < -0.39 is 5.97 Å². The molecular formula is C21H16ClN3O3. The maximum atomic E-state index is 12.9. The van der Waals surface area contributed by atoms with E-state index in [1.54, 1.807) is 48.7 Å². The van der Waals surface area contributed by atoms with Gasteiger partial charge in [0.1, 0.15) is 0 Å². The van der Waals surface area contributed by atoms with E-state index >= 15 is 0 Å². The minimum absolute atomic E-state index is 0.213. The van der Waals surface area contributed by atoms with Crippen molar-refractivity contribution in [3.05, 3.63) is 81.4 Å². The molecule has 0 saturated carbocycles. The first-order valence-corrected chi connectivity index (χ1v) is 8.92. The van der Waals surface area contributed by atoms with E-state index in [1.165, 1.54) is 11.8 Å². The summed E-state index contributed by atoms with van der Waals surface area (Å²) in [5.41, 5.74) is 3.79. The van der Waals surface area contributed by atoms with Crippen LogP contribution in [0.1, 0.15) is 16.1 Å². The first-order valence-electron chi connectivity index (χ1n) is 8.54. The zero-order valence-electron chi connectivity index (χ0n) is 15.2. The van der Waals surface area contributed by atoms with Gasteiger partial charge in [-0.2, -0.15) is 0 Å². The molecule has 7 heteroatoms. The van der Waals surface area contributed by atoms with Crippen molar-refractivity contribution in [3.63, 3.8) is 0 Å². The predicted octanol–water partition coefficient (Wildman–Crippen LogP) is 4.13. The van der Waals surface area contributed by atoms with E-state index in [0.29, 0.717) is 27.2 Å². The summed E-state index contributed by atoms with van der Waals surface area (Å²) in [5, 5.41) is 4.22. The van der Waals surface area contributed by atoms with Gasteiger partial charge in [-0.3, -0.25) is 14.9 Å². The molecule has 6 nitrogen and oxygen atoms in total.